The molecule has 178 valence electrons. The molecule has 4 heteroatoms. The van der Waals surface area contributed by atoms with Gasteiger partial charge in [0, 0.05) is 0 Å². The lowest BCUT2D eigenvalue weighted by Crippen LogP contribution is -2.25. The van der Waals surface area contributed by atoms with Crippen molar-refractivity contribution in [1.82, 2.24) is 0 Å². The van der Waals surface area contributed by atoms with Gasteiger partial charge in [-0.3, -0.25) is 0 Å². The SMILES string of the molecule is CC1CCC(C2CCC(/C=C/C3CCC(COc4ccc(O)c(P)c4O)CC3)CC2)CC1. The van der Waals surface area contributed by atoms with Crippen LogP contribution in [0.1, 0.15) is 84.0 Å². The fourth-order valence-electron chi connectivity index (χ4n) is 6.33. The van der Waals surface area contributed by atoms with Gasteiger partial charge in [-0.2, -0.15) is 0 Å². The highest BCUT2D eigenvalue weighted by Gasteiger charge is 2.29. The molecule has 0 bridgehead atoms. The highest BCUT2D eigenvalue weighted by molar-refractivity contribution is 7.28. The number of rotatable bonds is 6. The lowest BCUT2D eigenvalue weighted by atomic mass is 9.69. The zero-order valence-electron chi connectivity index (χ0n) is 19.8. The molecule has 2 N–H and O–H groups in total. The maximum atomic E-state index is 10.1. The number of benzene rings is 1. The van der Waals surface area contributed by atoms with E-state index in [-0.39, 0.29) is 11.5 Å². The summed E-state index contributed by atoms with van der Waals surface area (Å²) in [4.78, 5) is 0. The molecule has 3 nitrogen and oxygen atoms in total. The Balaban J connectivity index is 1.14. The number of allylic oxidation sites excluding steroid dienone is 2. The third kappa shape index (κ3) is 6.22. The van der Waals surface area contributed by atoms with Crippen molar-refractivity contribution in [2.45, 2.75) is 84.0 Å². The van der Waals surface area contributed by atoms with E-state index in [1.165, 1.54) is 77.0 Å². The lowest BCUT2D eigenvalue weighted by molar-refractivity contribution is 0.160. The highest BCUT2D eigenvalue weighted by atomic mass is 31.0. The smallest absolute Gasteiger partial charge is 0.168 e. The minimum absolute atomic E-state index is 0.0272. The summed E-state index contributed by atoms with van der Waals surface area (Å²) < 4.78 is 5.88. The van der Waals surface area contributed by atoms with Gasteiger partial charge in [-0.15, -0.1) is 0 Å². The standard InChI is InChI=1S/C28H43O3P/c1-19-2-12-23(13-3-19)24-14-10-21(11-15-24)5-4-20-6-8-22(9-7-20)18-31-26-17-16-25(29)28(32)27(26)30/h4-5,16-17,19-24,29-30H,2-3,6-15,18,32H2,1H3/b5-4+. The molecule has 0 aromatic heterocycles. The van der Waals surface area contributed by atoms with E-state index in [1.807, 2.05) is 0 Å². The van der Waals surface area contributed by atoms with Crippen LogP contribution in [0.2, 0.25) is 0 Å². The van der Waals surface area contributed by atoms with Crippen LogP contribution in [0.25, 0.3) is 0 Å². The second kappa shape index (κ2) is 11.3. The zero-order valence-corrected chi connectivity index (χ0v) is 21.0. The van der Waals surface area contributed by atoms with E-state index < -0.39 is 0 Å². The summed E-state index contributed by atoms with van der Waals surface area (Å²) in [7, 11) is 2.37. The molecule has 0 spiro atoms. The first-order valence-corrected chi connectivity index (χ1v) is 13.7. The van der Waals surface area contributed by atoms with Crippen LogP contribution in [0.5, 0.6) is 17.2 Å². The minimum Gasteiger partial charge on any atom is -0.507 e. The fourth-order valence-corrected chi connectivity index (χ4v) is 6.57. The van der Waals surface area contributed by atoms with Gasteiger partial charge in [0.05, 0.1) is 11.9 Å². The molecule has 4 rings (SSSR count). The Kier molecular flexibility index (Phi) is 8.43. The number of phenolic OH excluding ortho intramolecular Hbond substituents is 2. The van der Waals surface area contributed by atoms with E-state index in [9.17, 15) is 10.2 Å². The van der Waals surface area contributed by atoms with Gasteiger partial charge in [-0.1, -0.05) is 41.2 Å². The monoisotopic (exact) mass is 458 g/mol. The largest absolute Gasteiger partial charge is 0.507 e. The molecule has 0 radical (unpaired) electrons. The Morgan fingerprint density at radius 3 is 1.94 bits per heavy atom. The van der Waals surface area contributed by atoms with Crippen LogP contribution in [-0.2, 0) is 0 Å². The Morgan fingerprint density at radius 1 is 0.812 bits per heavy atom. The van der Waals surface area contributed by atoms with Crippen LogP contribution in [0.3, 0.4) is 0 Å². The molecule has 3 aliphatic carbocycles. The molecule has 3 aliphatic rings. The summed E-state index contributed by atoms with van der Waals surface area (Å²) in [5, 5.41) is 20.2. The average molecular weight is 459 g/mol. The van der Waals surface area contributed by atoms with E-state index in [0.29, 0.717) is 23.6 Å². The van der Waals surface area contributed by atoms with Gasteiger partial charge in [0.2, 0.25) is 0 Å². The molecule has 3 fully saturated rings. The van der Waals surface area contributed by atoms with E-state index in [1.54, 1.807) is 12.1 Å². The third-order valence-electron chi connectivity index (χ3n) is 8.72. The number of hydrogen-bond acceptors (Lipinski definition) is 3. The second-order valence-electron chi connectivity index (χ2n) is 11.0. The van der Waals surface area contributed by atoms with Gasteiger partial charge in [0.15, 0.2) is 11.5 Å². The quantitative estimate of drug-likeness (QED) is 0.357. The fraction of sp³-hybridized carbons (Fsp3) is 0.714. The van der Waals surface area contributed by atoms with Crippen molar-refractivity contribution >= 4 is 14.5 Å². The van der Waals surface area contributed by atoms with Crippen molar-refractivity contribution in [2.24, 2.45) is 35.5 Å². The maximum absolute atomic E-state index is 10.1. The first-order valence-electron chi connectivity index (χ1n) is 13.1. The Labute approximate surface area is 197 Å². The summed E-state index contributed by atoms with van der Waals surface area (Å²) in [6.45, 7) is 3.07. The summed E-state index contributed by atoms with van der Waals surface area (Å²) >= 11 is 0. The van der Waals surface area contributed by atoms with Gasteiger partial charge >= 0.3 is 0 Å². The molecule has 1 atom stereocenters. The average Bonchev–Trinajstić information content (AvgIpc) is 2.82. The van der Waals surface area contributed by atoms with Gasteiger partial charge in [0.1, 0.15) is 5.75 Å². The topological polar surface area (TPSA) is 49.7 Å². The molecule has 1 aromatic carbocycles. The van der Waals surface area contributed by atoms with E-state index in [4.69, 9.17) is 4.74 Å². The third-order valence-corrected chi connectivity index (χ3v) is 9.29. The number of phenols is 2. The van der Waals surface area contributed by atoms with Crippen molar-refractivity contribution in [2.75, 3.05) is 6.61 Å². The molecular weight excluding hydrogens is 415 g/mol. The lowest BCUT2D eigenvalue weighted by Gasteiger charge is -2.36. The van der Waals surface area contributed by atoms with Crippen molar-refractivity contribution in [3.05, 3.63) is 24.3 Å². The molecule has 0 saturated heterocycles. The van der Waals surface area contributed by atoms with Crippen molar-refractivity contribution in [1.29, 1.82) is 0 Å². The molecule has 1 aromatic rings. The number of ether oxygens (including phenoxy) is 1. The van der Waals surface area contributed by atoms with Crippen LogP contribution < -0.4 is 10.0 Å². The molecule has 32 heavy (non-hydrogen) atoms. The predicted octanol–water partition coefficient (Wildman–Crippen LogP) is 6.97. The maximum Gasteiger partial charge on any atom is 0.168 e. The van der Waals surface area contributed by atoms with E-state index in [2.05, 4.69) is 28.3 Å². The van der Waals surface area contributed by atoms with Gasteiger partial charge in [0.25, 0.3) is 0 Å². The Morgan fingerprint density at radius 2 is 1.34 bits per heavy atom. The van der Waals surface area contributed by atoms with Crippen LogP contribution in [-0.4, -0.2) is 16.8 Å². The van der Waals surface area contributed by atoms with E-state index in [0.717, 1.165) is 29.6 Å². The molecular formula is C28H43O3P. The zero-order chi connectivity index (χ0) is 22.5. The number of hydrogen-bond donors (Lipinski definition) is 2. The normalized spacial score (nSPS) is 33.9. The van der Waals surface area contributed by atoms with Gasteiger partial charge in [-0.25, -0.2) is 0 Å². The first kappa shape index (κ1) is 23.9. The Bertz CT molecular complexity index is 752. The van der Waals surface area contributed by atoms with Gasteiger partial charge in [-0.05, 0) is 112 Å². The van der Waals surface area contributed by atoms with Crippen LogP contribution in [0.15, 0.2) is 24.3 Å². The first-order chi connectivity index (χ1) is 15.5. The summed E-state index contributed by atoms with van der Waals surface area (Å²) in [5.74, 6) is 5.66. The van der Waals surface area contributed by atoms with Crippen LogP contribution >= 0.6 is 9.24 Å². The van der Waals surface area contributed by atoms with Gasteiger partial charge < -0.3 is 14.9 Å². The molecule has 3 saturated carbocycles. The summed E-state index contributed by atoms with van der Waals surface area (Å²) in [5.41, 5.74) is 0. The second-order valence-corrected chi connectivity index (χ2v) is 11.6. The molecule has 0 aliphatic heterocycles. The van der Waals surface area contributed by atoms with E-state index >= 15 is 0 Å². The molecule has 0 amide bonds. The Hall–Kier alpha value is -1.21. The highest BCUT2D eigenvalue weighted by Crippen LogP contribution is 2.42. The van der Waals surface area contributed by atoms with Crippen molar-refractivity contribution < 1.29 is 14.9 Å². The number of aromatic hydroxyl groups is 2. The molecule has 0 heterocycles. The van der Waals surface area contributed by atoms with Crippen LogP contribution in [0, 0.1) is 35.5 Å². The van der Waals surface area contributed by atoms with Crippen molar-refractivity contribution in [3.63, 3.8) is 0 Å². The van der Waals surface area contributed by atoms with Crippen molar-refractivity contribution in [3.8, 4) is 17.2 Å². The van der Waals surface area contributed by atoms with Crippen LogP contribution in [0.4, 0.5) is 0 Å². The summed E-state index contributed by atoms with van der Waals surface area (Å²) in [6, 6.07) is 3.22. The minimum atomic E-state index is 0.0272. The summed E-state index contributed by atoms with van der Waals surface area (Å²) in [6.07, 6.45) is 21.6. The predicted molar refractivity (Wildman–Crippen MR) is 136 cm³/mol. The molecule has 1 unspecified atom stereocenters.